The van der Waals surface area contributed by atoms with Crippen molar-refractivity contribution in [2.75, 3.05) is 13.1 Å². The molecule has 7 nitrogen and oxygen atoms in total. The van der Waals surface area contributed by atoms with Crippen LogP contribution in [0.2, 0.25) is 5.02 Å². The number of rotatable bonds is 4. The summed E-state index contributed by atoms with van der Waals surface area (Å²) in [7, 11) is -3.95. The minimum Gasteiger partial charge on any atom is -0.618 e. The first-order valence-electron chi connectivity index (χ1n) is 11.0. The van der Waals surface area contributed by atoms with E-state index in [9.17, 15) is 26.8 Å². The number of hydrogen-bond donors (Lipinski definition) is 0. The number of halogens is 4. The highest BCUT2D eigenvalue weighted by Gasteiger charge is 2.50. The summed E-state index contributed by atoms with van der Waals surface area (Å²) in [5.41, 5.74) is 1.25. The van der Waals surface area contributed by atoms with Crippen LogP contribution in [0.1, 0.15) is 35.8 Å². The number of piperidine rings is 1. The highest BCUT2D eigenvalue weighted by atomic mass is 35.5. The minimum absolute atomic E-state index is 0.122. The number of pyridine rings is 1. The summed E-state index contributed by atoms with van der Waals surface area (Å²) in [6, 6.07) is 14.7. The topological polar surface area (TPSA) is 82.8 Å². The van der Waals surface area contributed by atoms with Crippen LogP contribution >= 0.6 is 11.6 Å². The lowest BCUT2D eigenvalue weighted by Gasteiger charge is -2.39. The van der Waals surface area contributed by atoms with Crippen LogP contribution in [0.4, 0.5) is 13.2 Å². The fraction of sp³-hybridized carbons (Fsp3) is 0.292. The molecule has 3 heterocycles. The Morgan fingerprint density at radius 2 is 1.75 bits per heavy atom. The van der Waals surface area contributed by atoms with Crippen molar-refractivity contribution in [3.63, 3.8) is 0 Å². The summed E-state index contributed by atoms with van der Waals surface area (Å²) in [5.74, 6) is -0.502. The monoisotopic (exact) mass is 540 g/mol. The summed E-state index contributed by atoms with van der Waals surface area (Å²) in [5, 5.41) is 12.9. The summed E-state index contributed by atoms with van der Waals surface area (Å²) < 4.78 is 75.8. The van der Waals surface area contributed by atoms with E-state index in [4.69, 9.17) is 16.3 Å². The molecule has 1 saturated heterocycles. The first-order valence-corrected chi connectivity index (χ1v) is 12.8. The van der Waals surface area contributed by atoms with Crippen LogP contribution in [0.3, 0.4) is 0 Å². The highest BCUT2D eigenvalue weighted by molar-refractivity contribution is 7.89. The van der Waals surface area contributed by atoms with Crippen LogP contribution < -0.4 is 9.47 Å². The van der Waals surface area contributed by atoms with E-state index in [0.29, 0.717) is 28.3 Å². The van der Waals surface area contributed by atoms with Crippen LogP contribution in [0.15, 0.2) is 71.8 Å². The molecule has 2 aromatic carbocycles. The Morgan fingerprint density at radius 1 is 1.08 bits per heavy atom. The smallest absolute Gasteiger partial charge is 0.573 e. The van der Waals surface area contributed by atoms with Gasteiger partial charge in [0.1, 0.15) is 5.75 Å². The van der Waals surface area contributed by atoms with Crippen LogP contribution in [0.5, 0.6) is 5.75 Å². The Bertz CT molecular complexity index is 1390. The van der Waals surface area contributed by atoms with E-state index in [1.54, 1.807) is 6.07 Å². The largest absolute Gasteiger partial charge is 0.618 e. The molecule has 0 N–H and O–H groups in total. The van der Waals surface area contributed by atoms with Gasteiger partial charge in [0.25, 0.3) is 0 Å². The number of ether oxygens (including phenoxy) is 2. The van der Waals surface area contributed by atoms with E-state index in [1.165, 1.54) is 16.6 Å². The predicted octanol–water partition coefficient (Wildman–Crippen LogP) is 4.67. The Balaban J connectivity index is 1.37. The maximum Gasteiger partial charge on any atom is 0.573 e. The Morgan fingerprint density at radius 3 is 2.42 bits per heavy atom. The molecule has 1 spiro atoms. The molecule has 0 bridgehead atoms. The van der Waals surface area contributed by atoms with Gasteiger partial charge in [-0.05, 0) is 48.2 Å². The lowest BCUT2D eigenvalue weighted by atomic mass is 9.84. The molecule has 2 aliphatic heterocycles. The molecular formula is C24H20ClF3N2O5S. The number of alkyl halides is 3. The molecule has 2 aliphatic rings. The normalized spacial score (nSPS) is 19.8. The van der Waals surface area contributed by atoms with Crippen LogP contribution in [-0.2, 0) is 20.4 Å². The van der Waals surface area contributed by atoms with Gasteiger partial charge in [-0.2, -0.15) is 9.04 Å². The van der Waals surface area contributed by atoms with E-state index in [-0.39, 0.29) is 18.0 Å². The van der Waals surface area contributed by atoms with Gasteiger partial charge in [0, 0.05) is 25.2 Å². The van der Waals surface area contributed by atoms with E-state index in [1.807, 2.05) is 24.3 Å². The number of fused-ring (bicyclic) bond motifs is 2. The van der Waals surface area contributed by atoms with E-state index in [0.717, 1.165) is 35.4 Å². The number of aromatic nitrogens is 1. The van der Waals surface area contributed by atoms with Crippen molar-refractivity contribution in [2.24, 2.45) is 0 Å². The summed E-state index contributed by atoms with van der Waals surface area (Å²) in [6.07, 6.45) is -3.56. The number of hydrogen-bond acceptors (Lipinski definition) is 5. The van der Waals surface area contributed by atoms with Gasteiger partial charge in [-0.15, -0.1) is 13.2 Å². The first-order chi connectivity index (χ1) is 17.0. The molecular weight excluding hydrogens is 521 g/mol. The lowest BCUT2D eigenvalue weighted by Crippen LogP contribution is -2.45. The second-order valence-electron chi connectivity index (χ2n) is 8.60. The fourth-order valence-electron chi connectivity index (χ4n) is 4.82. The highest BCUT2D eigenvalue weighted by Crippen LogP contribution is 2.51. The molecule has 0 saturated carbocycles. The van der Waals surface area contributed by atoms with Crippen LogP contribution in [-0.4, -0.2) is 32.2 Å². The van der Waals surface area contributed by atoms with Crippen molar-refractivity contribution >= 4 is 21.6 Å². The second-order valence-corrected chi connectivity index (χ2v) is 11.0. The molecule has 1 aromatic heterocycles. The van der Waals surface area contributed by atoms with Crippen molar-refractivity contribution in [3.05, 3.63) is 93.9 Å². The molecule has 12 heteroatoms. The Labute approximate surface area is 210 Å². The third-order valence-electron chi connectivity index (χ3n) is 6.48. The second kappa shape index (κ2) is 8.91. The molecule has 190 valence electrons. The van der Waals surface area contributed by atoms with Crippen molar-refractivity contribution in [3.8, 4) is 5.75 Å². The van der Waals surface area contributed by atoms with Crippen molar-refractivity contribution in [1.29, 1.82) is 0 Å². The molecule has 0 radical (unpaired) electrons. The van der Waals surface area contributed by atoms with Crippen molar-refractivity contribution < 1.29 is 35.8 Å². The maximum absolute atomic E-state index is 13.2. The third-order valence-corrected chi connectivity index (χ3v) is 8.63. The Hall–Kier alpha value is -2.86. The number of sulfonamides is 1. The molecule has 0 aliphatic carbocycles. The zero-order valence-corrected chi connectivity index (χ0v) is 20.2. The van der Waals surface area contributed by atoms with E-state index >= 15 is 0 Å². The maximum atomic E-state index is 13.2. The fourth-order valence-corrected chi connectivity index (χ4v) is 6.43. The molecule has 5 rings (SSSR count). The van der Waals surface area contributed by atoms with Gasteiger partial charge in [0.2, 0.25) is 15.7 Å². The van der Waals surface area contributed by atoms with E-state index in [2.05, 4.69) is 4.74 Å². The zero-order chi connectivity index (χ0) is 25.7. The lowest BCUT2D eigenvalue weighted by molar-refractivity contribution is -0.618. The quantitative estimate of drug-likeness (QED) is 0.355. The average Bonchev–Trinajstić information content (AvgIpc) is 3.14. The van der Waals surface area contributed by atoms with Crippen LogP contribution in [0, 0.1) is 5.21 Å². The van der Waals surface area contributed by atoms with Gasteiger partial charge in [-0.3, -0.25) is 0 Å². The van der Waals surface area contributed by atoms with Gasteiger partial charge in [-0.1, -0.05) is 35.9 Å². The average molecular weight is 541 g/mol. The van der Waals surface area contributed by atoms with Gasteiger partial charge in [0.05, 0.1) is 15.5 Å². The van der Waals surface area contributed by atoms with Gasteiger partial charge >= 0.3 is 6.36 Å². The Kier molecular flexibility index (Phi) is 6.14. The molecule has 3 aromatic rings. The third kappa shape index (κ3) is 4.52. The first kappa shape index (κ1) is 24.8. The minimum atomic E-state index is -4.87. The van der Waals surface area contributed by atoms with Gasteiger partial charge in [-0.25, -0.2) is 8.42 Å². The standard InChI is InChI=1S/C24H20ClF3N2O5S/c25-16-9-12-30(31)21(15-16)22-19-3-1-2-4-20(19)23(35-22)10-13-29(14-11-23)36(32,33)18-7-5-17(6-8-18)34-24(26,27)28/h1-9,12,15,22H,10-11,13-14H2. The zero-order valence-electron chi connectivity index (χ0n) is 18.6. The number of nitrogens with zero attached hydrogens (tertiary/aromatic N) is 2. The molecule has 0 amide bonds. The van der Waals surface area contributed by atoms with Gasteiger partial charge < -0.3 is 14.7 Å². The summed E-state index contributed by atoms with van der Waals surface area (Å²) in [6.45, 7) is 0.244. The molecule has 36 heavy (non-hydrogen) atoms. The van der Waals surface area contributed by atoms with E-state index < -0.39 is 33.8 Å². The van der Waals surface area contributed by atoms with Crippen molar-refractivity contribution in [2.45, 2.75) is 35.8 Å². The summed E-state index contributed by atoms with van der Waals surface area (Å²) >= 11 is 6.12. The number of benzene rings is 2. The van der Waals surface area contributed by atoms with Crippen LogP contribution in [0.25, 0.3) is 0 Å². The molecule has 1 atom stereocenters. The SMILES string of the molecule is O=S(=O)(c1ccc(OC(F)(F)F)cc1)N1CCC2(CC1)OC(c1cc(Cl)cc[n+]1[O-])c1ccccc12. The molecule has 1 fully saturated rings. The van der Waals surface area contributed by atoms with Gasteiger partial charge in [0.15, 0.2) is 12.3 Å². The predicted molar refractivity (Wildman–Crippen MR) is 123 cm³/mol. The molecule has 1 unspecified atom stereocenters. The summed E-state index contributed by atoms with van der Waals surface area (Å²) in [4.78, 5) is -0.134. The van der Waals surface area contributed by atoms with Crippen molar-refractivity contribution in [1.82, 2.24) is 4.31 Å².